The van der Waals surface area contributed by atoms with Gasteiger partial charge in [-0.2, -0.15) is 0 Å². The fraction of sp³-hybridized carbons (Fsp3) is 0.308. The highest BCUT2D eigenvalue weighted by atomic mass is 32.2. The van der Waals surface area contributed by atoms with E-state index in [-0.39, 0.29) is 5.88 Å². The van der Waals surface area contributed by atoms with Gasteiger partial charge in [-0.3, -0.25) is 4.99 Å². The van der Waals surface area contributed by atoms with Crippen LogP contribution < -0.4 is 5.14 Å². The summed E-state index contributed by atoms with van der Waals surface area (Å²) in [6.45, 7) is 3.79. The molecule has 96 valence electrons. The van der Waals surface area contributed by atoms with Crippen LogP contribution in [0.4, 0.5) is 0 Å². The van der Waals surface area contributed by atoms with E-state index < -0.39 is 10.0 Å². The third-order valence-electron chi connectivity index (χ3n) is 3.02. The summed E-state index contributed by atoms with van der Waals surface area (Å²) < 4.78 is 21.9. The molecular formula is C13H16N2O2S. The summed E-state index contributed by atoms with van der Waals surface area (Å²) in [5, 5.41) is 4.98. The molecule has 0 fully saturated rings. The lowest BCUT2D eigenvalue weighted by Crippen LogP contribution is -2.19. The number of hydrogen-bond donors (Lipinski definition) is 1. The quantitative estimate of drug-likeness (QED) is 0.902. The van der Waals surface area contributed by atoms with Crippen molar-refractivity contribution in [1.82, 2.24) is 0 Å². The molecule has 18 heavy (non-hydrogen) atoms. The van der Waals surface area contributed by atoms with E-state index in [1.54, 1.807) is 0 Å². The molecule has 0 radical (unpaired) electrons. The van der Waals surface area contributed by atoms with Gasteiger partial charge in [-0.25, -0.2) is 13.6 Å². The summed E-state index contributed by atoms with van der Waals surface area (Å²) in [4.78, 5) is 4.14. The van der Waals surface area contributed by atoms with E-state index in [9.17, 15) is 8.42 Å². The van der Waals surface area contributed by atoms with Crippen molar-refractivity contribution in [1.29, 1.82) is 0 Å². The molecule has 0 unspecified atom stereocenters. The Morgan fingerprint density at radius 1 is 1.39 bits per heavy atom. The lowest BCUT2D eigenvalue weighted by molar-refractivity contribution is 0.598. The fourth-order valence-corrected chi connectivity index (χ4v) is 2.58. The lowest BCUT2D eigenvalue weighted by Gasteiger charge is -2.20. The van der Waals surface area contributed by atoms with E-state index in [4.69, 9.17) is 5.14 Å². The molecule has 1 aromatic rings. The lowest BCUT2D eigenvalue weighted by atomic mass is 9.87. The third kappa shape index (κ3) is 2.86. The molecule has 0 aliphatic heterocycles. The molecule has 0 amide bonds. The number of rotatable bonds is 3. The van der Waals surface area contributed by atoms with Gasteiger partial charge in [-0.1, -0.05) is 30.9 Å². The van der Waals surface area contributed by atoms with Crippen LogP contribution in [0.3, 0.4) is 0 Å². The minimum Gasteiger partial charge on any atom is -0.272 e. The molecule has 5 heteroatoms. The minimum absolute atomic E-state index is 0.347. The Hall–Kier alpha value is -1.46. The number of fused-ring (bicyclic) bond motifs is 1. The van der Waals surface area contributed by atoms with Crippen LogP contribution >= 0.6 is 0 Å². The number of nitrogens with zero attached hydrogens (tertiary/aromatic N) is 1. The first-order chi connectivity index (χ1) is 8.51. The average molecular weight is 264 g/mol. The highest BCUT2D eigenvalue weighted by Gasteiger charge is 2.17. The Bertz CT molecular complexity index is 603. The van der Waals surface area contributed by atoms with Gasteiger partial charge in [0.2, 0.25) is 10.0 Å². The van der Waals surface area contributed by atoms with Gasteiger partial charge < -0.3 is 0 Å². The van der Waals surface area contributed by atoms with Crippen molar-refractivity contribution in [2.45, 2.75) is 19.3 Å². The predicted molar refractivity (Wildman–Crippen MR) is 74.0 cm³/mol. The van der Waals surface area contributed by atoms with Gasteiger partial charge in [0.05, 0.1) is 0 Å². The van der Waals surface area contributed by atoms with Crippen LogP contribution in [-0.2, 0) is 16.4 Å². The van der Waals surface area contributed by atoms with E-state index in [2.05, 4.69) is 11.6 Å². The molecule has 1 aromatic carbocycles. The first-order valence-electron chi connectivity index (χ1n) is 5.80. The normalized spacial score (nSPS) is 17.5. The zero-order chi connectivity index (χ0) is 13.2. The molecular weight excluding hydrogens is 248 g/mol. The van der Waals surface area contributed by atoms with Gasteiger partial charge in [0.15, 0.2) is 5.88 Å². The van der Waals surface area contributed by atoms with Crippen LogP contribution in [-0.4, -0.2) is 20.0 Å². The molecule has 0 bridgehead atoms. The second-order valence-corrected chi connectivity index (χ2v) is 5.91. The van der Waals surface area contributed by atoms with Gasteiger partial charge in [-0.05, 0) is 36.0 Å². The molecule has 0 saturated heterocycles. The fourth-order valence-electron chi connectivity index (χ4n) is 2.24. The Balaban J connectivity index is 2.43. The topological polar surface area (TPSA) is 72.5 Å². The molecule has 0 saturated carbocycles. The van der Waals surface area contributed by atoms with Gasteiger partial charge in [0.1, 0.15) is 0 Å². The molecule has 1 aliphatic rings. The second kappa shape index (κ2) is 5.04. The van der Waals surface area contributed by atoms with Crippen molar-refractivity contribution in [2.24, 2.45) is 10.1 Å². The first-order valence-corrected chi connectivity index (χ1v) is 7.51. The van der Waals surface area contributed by atoms with Crippen LogP contribution in [0.5, 0.6) is 0 Å². The van der Waals surface area contributed by atoms with Crippen LogP contribution in [0.2, 0.25) is 0 Å². The van der Waals surface area contributed by atoms with Crippen molar-refractivity contribution in [3.05, 3.63) is 41.5 Å². The SMILES string of the molecule is C=Cc1cccc2c1CCC/C2=N\CS(N)(=O)=O. The Labute approximate surface area is 107 Å². The number of primary sulfonamides is 1. The molecule has 0 aromatic heterocycles. The molecule has 0 spiro atoms. The molecule has 1 aliphatic carbocycles. The zero-order valence-electron chi connectivity index (χ0n) is 10.1. The second-order valence-electron chi connectivity index (χ2n) is 4.33. The number of benzene rings is 1. The molecule has 4 nitrogen and oxygen atoms in total. The molecule has 2 rings (SSSR count). The Morgan fingerprint density at radius 2 is 2.17 bits per heavy atom. The Morgan fingerprint density at radius 3 is 2.83 bits per heavy atom. The van der Waals surface area contributed by atoms with Crippen molar-refractivity contribution in [3.63, 3.8) is 0 Å². The van der Waals surface area contributed by atoms with Crippen LogP contribution in [0.25, 0.3) is 6.08 Å². The van der Waals surface area contributed by atoms with Crippen molar-refractivity contribution >= 4 is 21.8 Å². The summed E-state index contributed by atoms with van der Waals surface area (Å²) >= 11 is 0. The maximum Gasteiger partial charge on any atom is 0.229 e. The summed E-state index contributed by atoms with van der Waals surface area (Å²) in [6.07, 6.45) is 4.57. The highest BCUT2D eigenvalue weighted by molar-refractivity contribution is 7.89. The van der Waals surface area contributed by atoms with Crippen LogP contribution in [0, 0.1) is 0 Å². The third-order valence-corrected chi connectivity index (χ3v) is 3.51. The van der Waals surface area contributed by atoms with Gasteiger partial charge in [-0.15, -0.1) is 0 Å². The first kappa shape index (κ1) is 13.0. The minimum atomic E-state index is -3.55. The summed E-state index contributed by atoms with van der Waals surface area (Å²) in [7, 11) is -3.55. The van der Waals surface area contributed by atoms with Crippen LogP contribution in [0.15, 0.2) is 29.8 Å². The van der Waals surface area contributed by atoms with E-state index in [1.807, 2.05) is 24.3 Å². The van der Waals surface area contributed by atoms with Crippen LogP contribution in [0.1, 0.15) is 29.5 Å². The van der Waals surface area contributed by atoms with Gasteiger partial charge >= 0.3 is 0 Å². The maximum absolute atomic E-state index is 11.0. The number of hydrogen-bond acceptors (Lipinski definition) is 3. The highest BCUT2D eigenvalue weighted by Crippen LogP contribution is 2.25. The van der Waals surface area contributed by atoms with Crippen molar-refractivity contribution in [3.8, 4) is 0 Å². The van der Waals surface area contributed by atoms with Gasteiger partial charge in [0, 0.05) is 5.71 Å². The Kier molecular flexibility index (Phi) is 3.63. The van der Waals surface area contributed by atoms with E-state index in [0.717, 1.165) is 36.1 Å². The number of aliphatic imine (C=N–C) groups is 1. The smallest absolute Gasteiger partial charge is 0.229 e. The standard InChI is InChI=1S/C13H16N2O2S/c1-2-10-5-3-7-12-11(10)6-4-8-13(12)15-9-18(14,16)17/h2-3,5,7H,1,4,6,8-9H2,(H2,14,16,17)/b15-13+. The number of nitrogens with two attached hydrogens (primary N) is 1. The zero-order valence-corrected chi connectivity index (χ0v) is 10.9. The maximum atomic E-state index is 11.0. The monoisotopic (exact) mass is 264 g/mol. The van der Waals surface area contributed by atoms with E-state index >= 15 is 0 Å². The van der Waals surface area contributed by atoms with Gasteiger partial charge in [0.25, 0.3) is 0 Å². The summed E-state index contributed by atoms with van der Waals surface area (Å²) in [5.74, 6) is -0.347. The van der Waals surface area contributed by atoms with E-state index in [1.165, 1.54) is 5.56 Å². The molecule has 2 N–H and O–H groups in total. The average Bonchev–Trinajstić information content (AvgIpc) is 2.34. The number of sulfonamides is 1. The van der Waals surface area contributed by atoms with E-state index in [0.29, 0.717) is 0 Å². The van der Waals surface area contributed by atoms with Crippen molar-refractivity contribution in [2.75, 3.05) is 5.88 Å². The summed E-state index contributed by atoms with van der Waals surface area (Å²) in [6, 6.07) is 5.92. The summed E-state index contributed by atoms with van der Waals surface area (Å²) in [5.41, 5.74) is 4.15. The molecule has 0 atom stereocenters. The largest absolute Gasteiger partial charge is 0.272 e. The predicted octanol–water partition coefficient (Wildman–Crippen LogP) is 1.70. The van der Waals surface area contributed by atoms with Crippen molar-refractivity contribution < 1.29 is 8.42 Å². The molecule has 0 heterocycles.